The average molecular weight is 400 g/mol. The lowest BCUT2D eigenvalue weighted by Crippen LogP contribution is -2.61. The Kier molecular flexibility index (Phi) is 4.10. The molecule has 5 nitrogen and oxygen atoms in total. The maximum Gasteiger partial charge on any atom is 0.269 e. The molecular formula is C25H24N2O3. The van der Waals surface area contributed by atoms with E-state index in [1.165, 1.54) is 22.9 Å². The molecule has 0 saturated carbocycles. The van der Waals surface area contributed by atoms with Crippen molar-refractivity contribution in [2.45, 2.75) is 44.4 Å². The van der Waals surface area contributed by atoms with Crippen LogP contribution in [0.4, 0.5) is 11.4 Å². The summed E-state index contributed by atoms with van der Waals surface area (Å²) in [7, 11) is 0. The molecule has 3 aromatic carbocycles. The number of hydrogen-bond donors (Lipinski definition) is 0. The number of aryl methyl sites for hydroxylation is 1. The Balaban J connectivity index is 1.62. The van der Waals surface area contributed by atoms with Crippen LogP contribution in [0.25, 0.3) is 0 Å². The maximum atomic E-state index is 11.2. The molecule has 0 fully saturated rings. The quantitative estimate of drug-likeness (QED) is 0.423. The normalized spacial score (nSPS) is 21.1. The Hall–Kier alpha value is -3.34. The van der Waals surface area contributed by atoms with Crippen LogP contribution in [0, 0.1) is 10.1 Å². The number of hydrogen-bond acceptors (Lipinski definition) is 4. The second-order valence-corrected chi connectivity index (χ2v) is 8.65. The fraction of sp³-hybridized carbons (Fsp3) is 0.280. The SMILES string of the molecule is CC1(C)c2ccccc2N(Cc2ccccc2)C12CCc1cc([N+](=O)[O-])ccc1O2. The van der Waals surface area contributed by atoms with E-state index in [0.29, 0.717) is 0 Å². The van der Waals surface area contributed by atoms with Gasteiger partial charge in [0.2, 0.25) is 0 Å². The monoisotopic (exact) mass is 400 g/mol. The van der Waals surface area contributed by atoms with E-state index in [-0.39, 0.29) is 16.0 Å². The van der Waals surface area contributed by atoms with Crippen LogP contribution >= 0.6 is 0 Å². The molecule has 5 heteroatoms. The molecule has 0 bridgehead atoms. The first-order valence-electron chi connectivity index (χ1n) is 10.3. The summed E-state index contributed by atoms with van der Waals surface area (Å²) in [4.78, 5) is 13.2. The van der Waals surface area contributed by atoms with Crippen LogP contribution in [-0.2, 0) is 18.4 Å². The average Bonchev–Trinajstić information content (AvgIpc) is 2.93. The van der Waals surface area contributed by atoms with Crippen LogP contribution in [-0.4, -0.2) is 10.6 Å². The lowest BCUT2D eigenvalue weighted by atomic mass is 9.74. The van der Waals surface area contributed by atoms with Crippen molar-refractivity contribution in [2.24, 2.45) is 0 Å². The molecule has 1 atom stereocenters. The summed E-state index contributed by atoms with van der Waals surface area (Å²) in [5.74, 6) is 0.741. The van der Waals surface area contributed by atoms with Gasteiger partial charge in [-0.2, -0.15) is 0 Å². The van der Waals surface area contributed by atoms with Crippen molar-refractivity contribution in [3.63, 3.8) is 0 Å². The van der Waals surface area contributed by atoms with Crippen molar-refractivity contribution >= 4 is 11.4 Å². The van der Waals surface area contributed by atoms with Crippen LogP contribution in [0.5, 0.6) is 5.75 Å². The molecule has 0 amide bonds. The molecule has 3 aromatic rings. The van der Waals surface area contributed by atoms with Gasteiger partial charge in [-0.1, -0.05) is 48.5 Å². The second-order valence-electron chi connectivity index (χ2n) is 8.65. The summed E-state index contributed by atoms with van der Waals surface area (Å²) in [5.41, 5.74) is 3.89. The van der Waals surface area contributed by atoms with E-state index in [2.05, 4.69) is 67.3 Å². The minimum atomic E-state index is -0.560. The van der Waals surface area contributed by atoms with Gasteiger partial charge in [0.05, 0.1) is 10.3 Å². The van der Waals surface area contributed by atoms with Gasteiger partial charge >= 0.3 is 0 Å². The molecule has 2 aliphatic rings. The largest absolute Gasteiger partial charge is 0.467 e. The van der Waals surface area contributed by atoms with Crippen molar-refractivity contribution in [1.29, 1.82) is 0 Å². The third-order valence-corrected chi connectivity index (χ3v) is 6.73. The van der Waals surface area contributed by atoms with Gasteiger partial charge in [-0.25, -0.2) is 0 Å². The first kappa shape index (κ1) is 18.7. The van der Waals surface area contributed by atoms with Crippen molar-refractivity contribution < 1.29 is 9.66 Å². The van der Waals surface area contributed by atoms with E-state index in [1.54, 1.807) is 12.1 Å². The number of nitro benzene ring substituents is 1. The molecule has 0 radical (unpaired) electrons. The Bertz CT molecular complexity index is 1130. The van der Waals surface area contributed by atoms with Crippen molar-refractivity contribution in [1.82, 2.24) is 0 Å². The van der Waals surface area contributed by atoms with E-state index in [0.717, 1.165) is 30.7 Å². The number of para-hydroxylation sites is 1. The minimum Gasteiger partial charge on any atom is -0.467 e. The Morgan fingerprint density at radius 3 is 2.53 bits per heavy atom. The summed E-state index contributed by atoms with van der Waals surface area (Å²) in [5, 5.41) is 11.2. The molecule has 0 N–H and O–H groups in total. The molecule has 1 unspecified atom stereocenters. The van der Waals surface area contributed by atoms with Gasteiger partial charge in [-0.05, 0) is 43.5 Å². The van der Waals surface area contributed by atoms with Gasteiger partial charge in [0.25, 0.3) is 5.69 Å². The summed E-state index contributed by atoms with van der Waals surface area (Å²) >= 11 is 0. The van der Waals surface area contributed by atoms with Gasteiger partial charge < -0.3 is 9.64 Å². The van der Waals surface area contributed by atoms with Crippen molar-refractivity contribution in [2.75, 3.05) is 4.90 Å². The molecule has 1 spiro atoms. The van der Waals surface area contributed by atoms with Crippen LogP contribution < -0.4 is 9.64 Å². The first-order valence-corrected chi connectivity index (χ1v) is 10.3. The smallest absolute Gasteiger partial charge is 0.269 e. The van der Waals surface area contributed by atoms with Gasteiger partial charge in [-0.3, -0.25) is 10.1 Å². The van der Waals surface area contributed by atoms with Crippen LogP contribution in [0.3, 0.4) is 0 Å². The molecule has 0 aliphatic carbocycles. The summed E-state index contributed by atoms with van der Waals surface area (Å²) in [6.07, 6.45) is 1.50. The summed E-state index contributed by atoms with van der Waals surface area (Å²) in [6.45, 7) is 5.23. The third-order valence-electron chi connectivity index (χ3n) is 6.73. The summed E-state index contributed by atoms with van der Waals surface area (Å²) < 4.78 is 6.80. The first-order chi connectivity index (χ1) is 14.4. The van der Waals surface area contributed by atoms with Crippen molar-refractivity contribution in [3.8, 4) is 5.75 Å². The van der Waals surface area contributed by atoms with E-state index >= 15 is 0 Å². The highest BCUT2D eigenvalue weighted by atomic mass is 16.6. The number of ether oxygens (including phenoxy) is 1. The number of rotatable bonds is 3. The molecule has 30 heavy (non-hydrogen) atoms. The topological polar surface area (TPSA) is 55.6 Å². The predicted molar refractivity (Wildman–Crippen MR) is 117 cm³/mol. The molecular weight excluding hydrogens is 376 g/mol. The van der Waals surface area contributed by atoms with Gasteiger partial charge in [0.1, 0.15) is 5.75 Å². The molecule has 5 rings (SSSR count). The maximum absolute atomic E-state index is 11.2. The number of benzene rings is 3. The van der Waals surface area contributed by atoms with Gasteiger partial charge in [0, 0.05) is 36.3 Å². The highest BCUT2D eigenvalue weighted by Crippen LogP contribution is 2.56. The predicted octanol–water partition coefficient (Wildman–Crippen LogP) is 5.61. The van der Waals surface area contributed by atoms with E-state index in [4.69, 9.17) is 4.74 Å². The number of anilines is 1. The summed E-state index contributed by atoms with van der Waals surface area (Å²) in [6, 6.07) is 23.9. The van der Waals surface area contributed by atoms with Crippen molar-refractivity contribution in [3.05, 3.63) is 99.6 Å². The third kappa shape index (κ3) is 2.61. The molecule has 0 saturated heterocycles. The van der Waals surface area contributed by atoms with Crippen LogP contribution in [0.2, 0.25) is 0 Å². The highest BCUT2D eigenvalue weighted by Gasteiger charge is 2.60. The Morgan fingerprint density at radius 1 is 1.03 bits per heavy atom. The number of nitrogens with zero attached hydrogens (tertiary/aromatic N) is 2. The number of nitro groups is 1. The highest BCUT2D eigenvalue weighted by molar-refractivity contribution is 5.67. The zero-order chi connectivity index (χ0) is 20.9. The number of fused-ring (bicyclic) bond motifs is 2. The lowest BCUT2D eigenvalue weighted by molar-refractivity contribution is -0.385. The molecule has 0 aromatic heterocycles. The van der Waals surface area contributed by atoms with Gasteiger partial charge in [0.15, 0.2) is 5.72 Å². The molecule has 2 heterocycles. The Morgan fingerprint density at radius 2 is 1.77 bits per heavy atom. The molecule has 152 valence electrons. The minimum absolute atomic E-state index is 0.114. The van der Waals surface area contributed by atoms with Crippen LogP contribution in [0.1, 0.15) is 37.0 Å². The fourth-order valence-electron chi connectivity index (χ4n) is 5.10. The zero-order valence-electron chi connectivity index (χ0n) is 17.2. The van der Waals surface area contributed by atoms with E-state index in [1.807, 2.05) is 6.07 Å². The fourth-order valence-corrected chi connectivity index (χ4v) is 5.10. The van der Waals surface area contributed by atoms with Gasteiger partial charge in [-0.15, -0.1) is 0 Å². The lowest BCUT2D eigenvalue weighted by Gasteiger charge is -2.50. The van der Waals surface area contributed by atoms with E-state index < -0.39 is 5.72 Å². The Labute approximate surface area is 176 Å². The molecule has 2 aliphatic heterocycles. The number of non-ortho nitro benzene ring substituents is 1. The van der Waals surface area contributed by atoms with E-state index in [9.17, 15) is 10.1 Å². The standard InChI is InChI=1S/C25H24N2O3/c1-24(2)21-10-6-7-11-22(21)26(17-18-8-4-3-5-9-18)25(24)15-14-19-16-20(27(28)29)12-13-23(19)30-25/h3-13,16H,14-15,17H2,1-2H3. The zero-order valence-corrected chi connectivity index (χ0v) is 17.2. The second kappa shape index (κ2) is 6.59. The van der Waals surface area contributed by atoms with Crippen LogP contribution in [0.15, 0.2) is 72.8 Å².